The van der Waals surface area contributed by atoms with Crippen molar-refractivity contribution in [2.75, 3.05) is 5.32 Å². The van der Waals surface area contributed by atoms with E-state index in [0.717, 1.165) is 0 Å². The van der Waals surface area contributed by atoms with Gasteiger partial charge in [0.25, 0.3) is 0 Å². The van der Waals surface area contributed by atoms with Gasteiger partial charge < -0.3 is 11.1 Å². The first kappa shape index (κ1) is 16.5. The number of carbonyl (C=O) groups is 1. The second kappa shape index (κ2) is 7.07. The minimum absolute atomic E-state index is 0. The molecule has 0 aromatic heterocycles. The number of halogens is 3. The van der Waals surface area contributed by atoms with Gasteiger partial charge in [0.2, 0.25) is 5.91 Å². The van der Waals surface area contributed by atoms with Gasteiger partial charge in [-0.3, -0.25) is 4.79 Å². The first-order valence-corrected chi connectivity index (χ1v) is 5.69. The smallest absolute Gasteiger partial charge is 0.228 e. The molecule has 17 heavy (non-hydrogen) atoms. The molecule has 0 aliphatic carbocycles. The predicted molar refractivity (Wildman–Crippen MR) is 75.2 cm³/mol. The molecule has 0 bridgehead atoms. The molecule has 0 saturated heterocycles. The van der Waals surface area contributed by atoms with Gasteiger partial charge in [0.1, 0.15) is 0 Å². The zero-order valence-corrected chi connectivity index (χ0v) is 11.9. The highest BCUT2D eigenvalue weighted by Gasteiger charge is 2.17. The molecule has 0 heterocycles. The molecule has 0 fully saturated rings. The molecule has 1 aromatic carbocycles. The number of anilines is 1. The third-order valence-corrected chi connectivity index (χ3v) is 3.13. The molecule has 0 radical (unpaired) electrons. The van der Waals surface area contributed by atoms with Crippen molar-refractivity contribution in [3.05, 3.63) is 28.2 Å². The van der Waals surface area contributed by atoms with Crippen LogP contribution in [-0.4, -0.2) is 11.9 Å². The van der Waals surface area contributed by atoms with E-state index in [1.807, 2.05) is 0 Å². The van der Waals surface area contributed by atoms with E-state index < -0.39 is 0 Å². The van der Waals surface area contributed by atoms with Crippen molar-refractivity contribution in [3.8, 4) is 0 Å². The zero-order valence-electron chi connectivity index (χ0n) is 9.54. The number of rotatable bonds is 3. The standard InChI is InChI=1S/C11H14Cl2N2O.ClH/c1-6(7(2)14)11(16)15-8-3-4-9(12)10(13)5-8;/h3-7H,14H2,1-2H3,(H,15,16);1H. The van der Waals surface area contributed by atoms with E-state index in [4.69, 9.17) is 28.9 Å². The van der Waals surface area contributed by atoms with Crippen LogP contribution in [0, 0.1) is 5.92 Å². The average Bonchev–Trinajstić information content (AvgIpc) is 2.22. The van der Waals surface area contributed by atoms with Gasteiger partial charge in [-0.25, -0.2) is 0 Å². The summed E-state index contributed by atoms with van der Waals surface area (Å²) < 4.78 is 0. The van der Waals surface area contributed by atoms with E-state index in [1.165, 1.54) is 0 Å². The normalized spacial score (nSPS) is 13.5. The average molecular weight is 298 g/mol. The maximum absolute atomic E-state index is 11.7. The molecule has 0 saturated carbocycles. The Morgan fingerprint density at radius 3 is 2.35 bits per heavy atom. The minimum Gasteiger partial charge on any atom is -0.327 e. The van der Waals surface area contributed by atoms with Crippen molar-refractivity contribution >= 4 is 47.2 Å². The third kappa shape index (κ3) is 4.72. The Hall–Kier alpha value is -0.480. The summed E-state index contributed by atoms with van der Waals surface area (Å²) in [5, 5.41) is 3.60. The van der Waals surface area contributed by atoms with Crippen molar-refractivity contribution in [3.63, 3.8) is 0 Å². The molecule has 1 amide bonds. The minimum atomic E-state index is -0.255. The number of nitrogens with one attached hydrogen (secondary N) is 1. The molecular weight excluding hydrogens is 282 g/mol. The number of carbonyl (C=O) groups excluding carboxylic acids is 1. The molecule has 0 spiro atoms. The van der Waals surface area contributed by atoms with Gasteiger partial charge in [-0.15, -0.1) is 12.4 Å². The number of hydrogen-bond acceptors (Lipinski definition) is 2. The van der Waals surface area contributed by atoms with Crippen LogP contribution in [0.25, 0.3) is 0 Å². The van der Waals surface area contributed by atoms with Crippen molar-refractivity contribution < 1.29 is 4.79 Å². The van der Waals surface area contributed by atoms with Gasteiger partial charge in [0.15, 0.2) is 0 Å². The molecule has 0 aliphatic rings. The Morgan fingerprint density at radius 2 is 1.88 bits per heavy atom. The molecule has 3 N–H and O–H groups in total. The Kier molecular flexibility index (Phi) is 6.87. The fourth-order valence-electron chi connectivity index (χ4n) is 1.07. The van der Waals surface area contributed by atoms with Crippen LogP contribution in [-0.2, 0) is 4.79 Å². The van der Waals surface area contributed by atoms with Crippen molar-refractivity contribution in [2.45, 2.75) is 19.9 Å². The molecule has 3 nitrogen and oxygen atoms in total. The van der Waals surface area contributed by atoms with Crippen LogP contribution in [0.4, 0.5) is 5.69 Å². The number of hydrogen-bond donors (Lipinski definition) is 2. The van der Waals surface area contributed by atoms with Crippen molar-refractivity contribution in [1.82, 2.24) is 0 Å². The van der Waals surface area contributed by atoms with Gasteiger partial charge >= 0.3 is 0 Å². The van der Waals surface area contributed by atoms with Crippen LogP contribution in [0.1, 0.15) is 13.8 Å². The molecular formula is C11H15Cl3N2O. The van der Waals surface area contributed by atoms with Crippen molar-refractivity contribution in [1.29, 1.82) is 0 Å². The Bertz CT molecular complexity index is 396. The van der Waals surface area contributed by atoms with E-state index in [1.54, 1.807) is 32.0 Å². The first-order valence-electron chi connectivity index (χ1n) is 4.93. The Balaban J connectivity index is 0.00000256. The summed E-state index contributed by atoms with van der Waals surface area (Å²) in [5.41, 5.74) is 6.25. The quantitative estimate of drug-likeness (QED) is 0.899. The number of amides is 1. The monoisotopic (exact) mass is 296 g/mol. The summed E-state index contributed by atoms with van der Waals surface area (Å²) in [4.78, 5) is 11.7. The molecule has 1 aromatic rings. The van der Waals surface area contributed by atoms with Gasteiger partial charge in [-0.1, -0.05) is 30.1 Å². The summed E-state index contributed by atoms with van der Waals surface area (Å²) in [6, 6.07) is 4.74. The largest absolute Gasteiger partial charge is 0.327 e. The van der Waals surface area contributed by atoms with Gasteiger partial charge in [-0.2, -0.15) is 0 Å². The first-order chi connectivity index (χ1) is 7.41. The maximum atomic E-state index is 11.7. The zero-order chi connectivity index (χ0) is 12.3. The van der Waals surface area contributed by atoms with Gasteiger partial charge in [0.05, 0.1) is 16.0 Å². The lowest BCUT2D eigenvalue weighted by Crippen LogP contribution is -2.34. The molecule has 1 rings (SSSR count). The van der Waals surface area contributed by atoms with E-state index >= 15 is 0 Å². The van der Waals surface area contributed by atoms with Crippen LogP contribution >= 0.6 is 35.6 Å². The maximum Gasteiger partial charge on any atom is 0.228 e. The summed E-state index contributed by atoms with van der Waals surface area (Å²) in [6.07, 6.45) is 0. The van der Waals surface area contributed by atoms with Crippen LogP contribution in [0.2, 0.25) is 10.0 Å². The molecule has 96 valence electrons. The SMILES string of the molecule is CC(N)C(C)C(=O)Nc1ccc(Cl)c(Cl)c1.Cl. The highest BCUT2D eigenvalue weighted by Crippen LogP contribution is 2.25. The summed E-state index contributed by atoms with van der Waals surface area (Å²) in [5.74, 6) is -0.386. The molecule has 2 atom stereocenters. The predicted octanol–water partition coefficient (Wildman–Crippen LogP) is 3.34. The van der Waals surface area contributed by atoms with Crippen molar-refractivity contribution in [2.24, 2.45) is 11.7 Å². The highest BCUT2D eigenvalue weighted by atomic mass is 35.5. The second-order valence-corrected chi connectivity index (χ2v) is 4.58. The summed E-state index contributed by atoms with van der Waals surface area (Å²) in [7, 11) is 0. The van der Waals surface area contributed by atoms with Gasteiger partial charge in [-0.05, 0) is 25.1 Å². The lowest BCUT2D eigenvalue weighted by molar-refractivity contribution is -0.119. The molecule has 2 unspecified atom stereocenters. The third-order valence-electron chi connectivity index (χ3n) is 2.39. The van der Waals surface area contributed by atoms with E-state index in [2.05, 4.69) is 5.32 Å². The number of nitrogens with two attached hydrogens (primary N) is 1. The number of benzene rings is 1. The van der Waals surface area contributed by atoms with Crippen LogP contribution in [0.3, 0.4) is 0 Å². The van der Waals surface area contributed by atoms with E-state index in [0.29, 0.717) is 15.7 Å². The fourth-order valence-corrected chi connectivity index (χ4v) is 1.37. The second-order valence-electron chi connectivity index (χ2n) is 3.77. The van der Waals surface area contributed by atoms with Crippen LogP contribution in [0.15, 0.2) is 18.2 Å². The summed E-state index contributed by atoms with van der Waals surface area (Å²) >= 11 is 11.6. The van der Waals surface area contributed by atoms with E-state index in [-0.39, 0.29) is 30.3 Å². The Morgan fingerprint density at radius 1 is 1.29 bits per heavy atom. The van der Waals surface area contributed by atoms with E-state index in [9.17, 15) is 4.79 Å². The van der Waals surface area contributed by atoms with Gasteiger partial charge in [0, 0.05) is 11.7 Å². The highest BCUT2D eigenvalue weighted by molar-refractivity contribution is 6.42. The lowest BCUT2D eigenvalue weighted by Gasteiger charge is -2.15. The molecule has 6 heteroatoms. The van der Waals surface area contributed by atoms with Crippen LogP contribution in [0.5, 0.6) is 0 Å². The van der Waals surface area contributed by atoms with Crippen LogP contribution < -0.4 is 11.1 Å². The lowest BCUT2D eigenvalue weighted by atomic mass is 10.0. The topological polar surface area (TPSA) is 55.1 Å². The fraction of sp³-hybridized carbons (Fsp3) is 0.364. The Labute approximate surface area is 117 Å². The molecule has 0 aliphatic heterocycles. The summed E-state index contributed by atoms with van der Waals surface area (Å²) in [6.45, 7) is 3.57.